The summed E-state index contributed by atoms with van der Waals surface area (Å²) in [6.07, 6.45) is 0. The van der Waals surface area contributed by atoms with Gasteiger partial charge < -0.3 is 10.0 Å². The Morgan fingerprint density at radius 3 is 2.67 bits per heavy atom. The predicted octanol–water partition coefficient (Wildman–Crippen LogP) is 3.77. The molecule has 2 N–H and O–H groups in total. The lowest BCUT2D eigenvalue weighted by molar-refractivity contribution is 0.310. The minimum absolute atomic E-state index is 0.0411. The lowest BCUT2D eigenvalue weighted by atomic mass is 10.1. The van der Waals surface area contributed by atoms with E-state index in [1.54, 1.807) is 0 Å². The fourth-order valence-corrected chi connectivity index (χ4v) is 3.40. The first-order valence-corrected chi connectivity index (χ1v) is 7.71. The van der Waals surface area contributed by atoms with E-state index in [2.05, 4.69) is 4.98 Å². The van der Waals surface area contributed by atoms with E-state index in [0.717, 1.165) is 16.3 Å². The summed E-state index contributed by atoms with van der Waals surface area (Å²) in [4.78, 5) is 6.29. The number of amidine groups is 1. The van der Waals surface area contributed by atoms with Gasteiger partial charge in [-0.3, -0.25) is 5.41 Å². The van der Waals surface area contributed by atoms with E-state index in [0.29, 0.717) is 18.0 Å². The summed E-state index contributed by atoms with van der Waals surface area (Å²) >= 11 is 1.47. The summed E-state index contributed by atoms with van der Waals surface area (Å²) in [5.74, 6) is 0.579. The maximum absolute atomic E-state index is 10.3. The summed E-state index contributed by atoms with van der Waals surface area (Å²) in [6, 6.07) is 10.1. The first kappa shape index (κ1) is 13.8. The van der Waals surface area contributed by atoms with E-state index >= 15 is 0 Å². The van der Waals surface area contributed by atoms with Gasteiger partial charge in [-0.1, -0.05) is 30.3 Å². The normalized spacial score (nSPS) is 16.7. The summed E-state index contributed by atoms with van der Waals surface area (Å²) < 4.78 is 0. The topological polar surface area (TPSA) is 60.2 Å². The van der Waals surface area contributed by atoms with Gasteiger partial charge >= 0.3 is 0 Å². The van der Waals surface area contributed by atoms with Gasteiger partial charge in [0.2, 0.25) is 0 Å². The van der Waals surface area contributed by atoms with Crippen molar-refractivity contribution < 1.29 is 5.11 Å². The average molecular weight is 299 g/mol. The SMILES string of the molecule is Cc1csc(C2=C(O)CN(C(C)c3ccccc3)C2=N)n1. The summed E-state index contributed by atoms with van der Waals surface area (Å²) in [7, 11) is 0. The molecule has 1 aromatic carbocycles. The highest BCUT2D eigenvalue weighted by Gasteiger charge is 2.33. The van der Waals surface area contributed by atoms with Crippen LogP contribution in [0.3, 0.4) is 0 Å². The Kier molecular flexibility index (Phi) is 3.51. The Labute approximate surface area is 127 Å². The third kappa shape index (κ3) is 2.45. The number of nitrogens with zero attached hydrogens (tertiary/aromatic N) is 2. The van der Waals surface area contributed by atoms with Crippen LogP contribution in [0.1, 0.15) is 29.2 Å². The Balaban J connectivity index is 1.88. The van der Waals surface area contributed by atoms with Gasteiger partial charge in [-0.05, 0) is 19.4 Å². The van der Waals surface area contributed by atoms with E-state index in [4.69, 9.17) is 5.41 Å². The van der Waals surface area contributed by atoms with Gasteiger partial charge in [-0.15, -0.1) is 11.3 Å². The van der Waals surface area contributed by atoms with Crippen molar-refractivity contribution in [1.82, 2.24) is 9.88 Å². The molecule has 0 radical (unpaired) electrons. The van der Waals surface area contributed by atoms with Crippen LogP contribution in [0.2, 0.25) is 0 Å². The highest BCUT2D eigenvalue weighted by molar-refractivity contribution is 7.11. The van der Waals surface area contributed by atoms with Gasteiger partial charge in [-0.25, -0.2) is 4.98 Å². The van der Waals surface area contributed by atoms with Crippen molar-refractivity contribution in [3.05, 3.63) is 57.7 Å². The lowest BCUT2D eigenvalue weighted by Gasteiger charge is -2.26. The molecule has 0 saturated carbocycles. The molecule has 108 valence electrons. The molecule has 1 atom stereocenters. The number of aromatic nitrogens is 1. The number of benzene rings is 1. The summed E-state index contributed by atoms with van der Waals surface area (Å²) in [6.45, 7) is 4.33. The van der Waals surface area contributed by atoms with E-state index in [-0.39, 0.29) is 11.8 Å². The molecule has 0 saturated heterocycles. The molecule has 0 spiro atoms. The van der Waals surface area contributed by atoms with Crippen molar-refractivity contribution in [3.63, 3.8) is 0 Å². The zero-order valence-electron chi connectivity index (χ0n) is 12.0. The number of aliphatic hydroxyl groups excluding tert-OH is 1. The van der Waals surface area contributed by atoms with E-state index < -0.39 is 0 Å². The van der Waals surface area contributed by atoms with Gasteiger partial charge in [0.05, 0.1) is 18.2 Å². The smallest absolute Gasteiger partial charge is 0.135 e. The molecule has 1 aliphatic heterocycles. The first-order valence-electron chi connectivity index (χ1n) is 6.83. The number of hydrogen-bond donors (Lipinski definition) is 2. The molecule has 2 aromatic rings. The molecule has 5 heteroatoms. The second kappa shape index (κ2) is 5.33. The minimum Gasteiger partial charge on any atom is -0.510 e. The Bertz CT molecular complexity index is 705. The number of aryl methyl sites for hydroxylation is 1. The molecule has 0 bridgehead atoms. The Morgan fingerprint density at radius 2 is 2.05 bits per heavy atom. The van der Waals surface area contributed by atoms with Crippen molar-refractivity contribution >= 4 is 22.7 Å². The van der Waals surface area contributed by atoms with Crippen LogP contribution < -0.4 is 0 Å². The number of aliphatic hydroxyl groups is 1. The van der Waals surface area contributed by atoms with Crippen LogP contribution in [-0.4, -0.2) is 27.4 Å². The average Bonchev–Trinajstić information content (AvgIpc) is 3.02. The number of thiazole rings is 1. The van der Waals surface area contributed by atoms with Crippen LogP contribution >= 0.6 is 11.3 Å². The zero-order valence-corrected chi connectivity index (χ0v) is 12.8. The van der Waals surface area contributed by atoms with E-state index in [1.807, 2.05) is 54.5 Å². The molecule has 21 heavy (non-hydrogen) atoms. The minimum atomic E-state index is 0.0411. The maximum atomic E-state index is 10.3. The first-order chi connectivity index (χ1) is 10.1. The van der Waals surface area contributed by atoms with Crippen molar-refractivity contribution in [2.75, 3.05) is 6.54 Å². The molecule has 1 aromatic heterocycles. The number of rotatable bonds is 3. The fourth-order valence-electron chi connectivity index (χ4n) is 2.54. The highest BCUT2D eigenvalue weighted by Crippen LogP contribution is 2.34. The summed E-state index contributed by atoms with van der Waals surface area (Å²) in [5, 5.41) is 21.3. The van der Waals surface area contributed by atoms with Crippen molar-refractivity contribution in [2.45, 2.75) is 19.9 Å². The van der Waals surface area contributed by atoms with Crippen LogP contribution in [0.4, 0.5) is 0 Å². The van der Waals surface area contributed by atoms with Gasteiger partial charge in [-0.2, -0.15) is 0 Å². The molecular weight excluding hydrogens is 282 g/mol. The number of hydrogen-bond acceptors (Lipinski definition) is 4. The molecule has 1 unspecified atom stereocenters. The molecule has 0 amide bonds. The van der Waals surface area contributed by atoms with Crippen molar-refractivity contribution in [1.29, 1.82) is 5.41 Å². The maximum Gasteiger partial charge on any atom is 0.135 e. The zero-order chi connectivity index (χ0) is 15.0. The van der Waals surface area contributed by atoms with Gasteiger partial charge in [0, 0.05) is 11.1 Å². The molecular formula is C16H17N3OS. The Morgan fingerprint density at radius 1 is 1.33 bits per heavy atom. The lowest BCUT2D eigenvalue weighted by Crippen LogP contribution is -2.29. The molecule has 0 aliphatic carbocycles. The third-order valence-electron chi connectivity index (χ3n) is 3.72. The van der Waals surface area contributed by atoms with Crippen LogP contribution in [0.25, 0.3) is 5.57 Å². The largest absolute Gasteiger partial charge is 0.510 e. The van der Waals surface area contributed by atoms with Crippen molar-refractivity contribution in [3.8, 4) is 0 Å². The molecule has 2 heterocycles. The van der Waals surface area contributed by atoms with Crippen molar-refractivity contribution in [2.24, 2.45) is 0 Å². The quantitative estimate of drug-likeness (QED) is 0.907. The van der Waals surface area contributed by atoms with Crippen LogP contribution in [-0.2, 0) is 0 Å². The fraction of sp³-hybridized carbons (Fsp3) is 0.250. The monoisotopic (exact) mass is 299 g/mol. The summed E-state index contributed by atoms with van der Waals surface area (Å²) in [5.41, 5.74) is 2.61. The molecule has 0 fully saturated rings. The molecule has 1 aliphatic rings. The van der Waals surface area contributed by atoms with Gasteiger partial charge in [0.25, 0.3) is 0 Å². The second-order valence-corrected chi connectivity index (χ2v) is 6.04. The van der Waals surface area contributed by atoms with Gasteiger partial charge in [0.15, 0.2) is 0 Å². The molecule has 3 rings (SSSR count). The molecule has 4 nitrogen and oxygen atoms in total. The van der Waals surface area contributed by atoms with Crippen LogP contribution in [0.5, 0.6) is 0 Å². The van der Waals surface area contributed by atoms with Gasteiger partial charge in [0.1, 0.15) is 16.6 Å². The second-order valence-electron chi connectivity index (χ2n) is 5.18. The van der Waals surface area contributed by atoms with Crippen LogP contribution in [0.15, 0.2) is 41.5 Å². The predicted molar refractivity (Wildman–Crippen MR) is 85.7 cm³/mol. The number of nitrogens with one attached hydrogen (secondary N) is 1. The highest BCUT2D eigenvalue weighted by atomic mass is 32.1. The van der Waals surface area contributed by atoms with E-state index in [9.17, 15) is 5.11 Å². The van der Waals surface area contributed by atoms with Crippen LogP contribution in [0, 0.1) is 12.3 Å². The third-order valence-corrected chi connectivity index (χ3v) is 4.69. The Hall–Kier alpha value is -2.14. The standard InChI is InChI=1S/C16H17N3OS/c1-10-9-21-16(18-10)14-13(20)8-19(15(14)17)11(2)12-6-4-3-5-7-12/h3-7,9,11,17,20H,8H2,1-2H3. The van der Waals surface area contributed by atoms with E-state index in [1.165, 1.54) is 11.3 Å².